The van der Waals surface area contributed by atoms with Gasteiger partial charge in [0, 0.05) is 10.9 Å². The number of carbonyl (C=O) groups excluding carboxylic acids is 1. The Hall–Kier alpha value is -2.21. The minimum atomic E-state index is -1.11. The van der Waals surface area contributed by atoms with Crippen molar-refractivity contribution in [1.29, 1.82) is 0 Å². The van der Waals surface area contributed by atoms with E-state index in [1.807, 2.05) is 12.1 Å². The number of aliphatic carboxylic acids is 1. The first-order chi connectivity index (χ1) is 10.9. The molecule has 0 spiro atoms. The van der Waals surface area contributed by atoms with Crippen molar-refractivity contribution in [3.63, 3.8) is 0 Å². The lowest BCUT2D eigenvalue weighted by atomic mass is 10.1. The summed E-state index contributed by atoms with van der Waals surface area (Å²) >= 11 is 3.31. The Morgan fingerprint density at radius 3 is 2.43 bits per heavy atom. The third-order valence-corrected chi connectivity index (χ3v) is 3.77. The fourth-order valence-corrected chi connectivity index (χ4v) is 2.40. The summed E-state index contributed by atoms with van der Waals surface area (Å²) < 4.78 is 14.0. The Kier molecular flexibility index (Phi) is 5.87. The number of carboxylic acid groups (broad SMARTS) is 1. The third-order valence-electron chi connectivity index (χ3n) is 3.24. The van der Waals surface area contributed by atoms with E-state index in [1.165, 1.54) is 18.2 Å². The minimum absolute atomic E-state index is 0.0676. The molecule has 0 radical (unpaired) electrons. The monoisotopic (exact) mass is 379 g/mol. The second kappa shape index (κ2) is 7.87. The third kappa shape index (κ3) is 5.49. The SMILES string of the molecule is O=C(Cc1cccc(F)c1)N[C@@H](Cc1ccc(Br)cc1)C(=O)O. The molecule has 0 fully saturated rings. The van der Waals surface area contributed by atoms with Crippen LogP contribution < -0.4 is 5.32 Å². The molecule has 23 heavy (non-hydrogen) atoms. The maximum Gasteiger partial charge on any atom is 0.326 e. The van der Waals surface area contributed by atoms with Crippen molar-refractivity contribution < 1.29 is 19.1 Å². The first-order valence-corrected chi connectivity index (χ1v) is 7.74. The van der Waals surface area contributed by atoms with E-state index in [2.05, 4.69) is 21.2 Å². The van der Waals surface area contributed by atoms with Crippen molar-refractivity contribution in [1.82, 2.24) is 5.32 Å². The number of carbonyl (C=O) groups is 2. The zero-order valence-corrected chi connectivity index (χ0v) is 13.7. The van der Waals surface area contributed by atoms with Crippen LogP contribution in [0.25, 0.3) is 0 Å². The predicted octanol–water partition coefficient (Wildman–Crippen LogP) is 2.94. The van der Waals surface area contributed by atoms with E-state index in [4.69, 9.17) is 0 Å². The molecule has 4 nitrogen and oxygen atoms in total. The van der Waals surface area contributed by atoms with Crippen LogP contribution in [0.2, 0.25) is 0 Å². The van der Waals surface area contributed by atoms with E-state index in [0.29, 0.717) is 5.56 Å². The highest BCUT2D eigenvalue weighted by Crippen LogP contribution is 2.12. The molecular formula is C17H15BrFNO3. The van der Waals surface area contributed by atoms with Crippen LogP contribution in [0.1, 0.15) is 11.1 Å². The van der Waals surface area contributed by atoms with Crippen LogP contribution in [0.5, 0.6) is 0 Å². The first-order valence-electron chi connectivity index (χ1n) is 6.95. The van der Waals surface area contributed by atoms with E-state index in [0.717, 1.165) is 10.0 Å². The average molecular weight is 380 g/mol. The fourth-order valence-electron chi connectivity index (χ4n) is 2.13. The van der Waals surface area contributed by atoms with Crippen LogP contribution in [0.4, 0.5) is 4.39 Å². The van der Waals surface area contributed by atoms with Gasteiger partial charge in [0.25, 0.3) is 0 Å². The zero-order valence-electron chi connectivity index (χ0n) is 12.1. The van der Waals surface area contributed by atoms with Gasteiger partial charge in [-0.25, -0.2) is 9.18 Å². The molecule has 0 aromatic heterocycles. The normalized spacial score (nSPS) is 11.7. The van der Waals surface area contributed by atoms with Gasteiger partial charge in [-0.3, -0.25) is 4.79 Å². The van der Waals surface area contributed by atoms with Crippen LogP contribution in [0.15, 0.2) is 53.0 Å². The fraction of sp³-hybridized carbons (Fsp3) is 0.176. The summed E-state index contributed by atoms with van der Waals surface area (Å²) in [6.07, 6.45) is 0.110. The molecular weight excluding hydrogens is 365 g/mol. The lowest BCUT2D eigenvalue weighted by Crippen LogP contribution is -2.43. The summed E-state index contributed by atoms with van der Waals surface area (Å²) in [4.78, 5) is 23.3. The number of halogens is 2. The number of hydrogen-bond donors (Lipinski definition) is 2. The second-order valence-corrected chi connectivity index (χ2v) is 6.01. The maximum atomic E-state index is 13.1. The molecule has 0 heterocycles. The number of carboxylic acids is 1. The molecule has 0 unspecified atom stereocenters. The van der Waals surface area contributed by atoms with Gasteiger partial charge in [0.2, 0.25) is 5.91 Å². The van der Waals surface area contributed by atoms with Crippen LogP contribution in [0.3, 0.4) is 0 Å². The van der Waals surface area contributed by atoms with Gasteiger partial charge in [-0.1, -0.05) is 40.2 Å². The van der Waals surface area contributed by atoms with Gasteiger partial charge in [0.15, 0.2) is 0 Å². The number of rotatable bonds is 6. The number of nitrogens with one attached hydrogen (secondary N) is 1. The summed E-state index contributed by atoms with van der Waals surface area (Å²) in [7, 11) is 0. The molecule has 0 saturated carbocycles. The quantitative estimate of drug-likeness (QED) is 0.810. The van der Waals surface area contributed by atoms with Gasteiger partial charge in [-0.2, -0.15) is 0 Å². The smallest absolute Gasteiger partial charge is 0.326 e. The Bertz CT molecular complexity index is 703. The summed E-state index contributed by atoms with van der Waals surface area (Å²) in [6.45, 7) is 0. The van der Waals surface area contributed by atoms with Crippen LogP contribution in [-0.4, -0.2) is 23.0 Å². The van der Waals surface area contributed by atoms with Crippen LogP contribution >= 0.6 is 15.9 Å². The molecule has 6 heteroatoms. The molecule has 120 valence electrons. The molecule has 2 rings (SSSR count). The Labute approximate surface area is 141 Å². The molecule has 0 aliphatic rings. The molecule has 0 bridgehead atoms. The van der Waals surface area contributed by atoms with Gasteiger partial charge >= 0.3 is 5.97 Å². The predicted molar refractivity (Wildman–Crippen MR) is 87.5 cm³/mol. The number of amides is 1. The van der Waals surface area contributed by atoms with E-state index in [1.54, 1.807) is 18.2 Å². The van der Waals surface area contributed by atoms with E-state index < -0.39 is 23.7 Å². The van der Waals surface area contributed by atoms with Crippen LogP contribution in [0, 0.1) is 5.82 Å². The molecule has 0 aliphatic heterocycles. The Morgan fingerprint density at radius 1 is 1.13 bits per heavy atom. The van der Waals surface area contributed by atoms with Crippen molar-refractivity contribution in [2.75, 3.05) is 0 Å². The zero-order chi connectivity index (χ0) is 16.8. The first kappa shape index (κ1) is 17.1. The molecule has 2 aromatic carbocycles. The Morgan fingerprint density at radius 2 is 1.83 bits per heavy atom. The summed E-state index contributed by atoms with van der Waals surface area (Å²) in [5.74, 6) is -2.00. The standard InChI is InChI=1S/C17H15BrFNO3/c18-13-6-4-11(5-7-13)9-15(17(22)23)20-16(21)10-12-2-1-3-14(19)8-12/h1-8,15H,9-10H2,(H,20,21)(H,22,23)/t15-/m0/s1. The van der Waals surface area contributed by atoms with Crippen molar-refractivity contribution in [2.24, 2.45) is 0 Å². The van der Waals surface area contributed by atoms with E-state index in [-0.39, 0.29) is 12.8 Å². The Balaban J connectivity index is 1.99. The van der Waals surface area contributed by atoms with Gasteiger partial charge in [0.1, 0.15) is 11.9 Å². The van der Waals surface area contributed by atoms with Crippen molar-refractivity contribution in [3.8, 4) is 0 Å². The second-order valence-electron chi connectivity index (χ2n) is 5.10. The highest BCUT2D eigenvalue weighted by atomic mass is 79.9. The highest BCUT2D eigenvalue weighted by molar-refractivity contribution is 9.10. The largest absolute Gasteiger partial charge is 0.480 e. The van der Waals surface area contributed by atoms with Gasteiger partial charge in [-0.15, -0.1) is 0 Å². The van der Waals surface area contributed by atoms with Gasteiger partial charge in [-0.05, 0) is 35.4 Å². The topological polar surface area (TPSA) is 66.4 Å². The van der Waals surface area contributed by atoms with Crippen molar-refractivity contribution in [3.05, 3.63) is 69.9 Å². The molecule has 2 N–H and O–H groups in total. The minimum Gasteiger partial charge on any atom is -0.480 e. The van der Waals surface area contributed by atoms with Crippen molar-refractivity contribution in [2.45, 2.75) is 18.9 Å². The summed E-state index contributed by atoms with van der Waals surface area (Å²) in [5, 5.41) is 11.7. The number of benzene rings is 2. The lowest BCUT2D eigenvalue weighted by molar-refractivity contribution is -0.141. The molecule has 1 atom stereocenters. The maximum absolute atomic E-state index is 13.1. The average Bonchev–Trinajstić information content (AvgIpc) is 2.48. The van der Waals surface area contributed by atoms with E-state index in [9.17, 15) is 19.1 Å². The molecule has 0 saturated heterocycles. The highest BCUT2D eigenvalue weighted by Gasteiger charge is 2.20. The molecule has 2 aromatic rings. The molecule has 0 aliphatic carbocycles. The molecule has 1 amide bonds. The summed E-state index contributed by atoms with van der Waals surface area (Å²) in [5.41, 5.74) is 1.29. The van der Waals surface area contributed by atoms with Crippen molar-refractivity contribution >= 4 is 27.8 Å². The van der Waals surface area contributed by atoms with Gasteiger partial charge < -0.3 is 10.4 Å². The summed E-state index contributed by atoms with van der Waals surface area (Å²) in [6, 6.07) is 11.8. The van der Waals surface area contributed by atoms with Gasteiger partial charge in [0.05, 0.1) is 6.42 Å². The van der Waals surface area contributed by atoms with Crippen LogP contribution in [-0.2, 0) is 22.4 Å². The number of hydrogen-bond acceptors (Lipinski definition) is 2. The van der Waals surface area contributed by atoms with E-state index >= 15 is 0 Å². The lowest BCUT2D eigenvalue weighted by Gasteiger charge is -2.15.